The minimum atomic E-state index is -2.85. The van der Waals surface area contributed by atoms with E-state index in [9.17, 15) is 13.2 Å². The number of anilines is 1. The van der Waals surface area contributed by atoms with E-state index in [2.05, 4.69) is 0 Å². The van der Waals surface area contributed by atoms with Crippen molar-refractivity contribution in [2.45, 2.75) is 13.3 Å². The van der Waals surface area contributed by atoms with E-state index >= 15 is 0 Å². The van der Waals surface area contributed by atoms with E-state index in [1.807, 2.05) is 36.1 Å². The molecule has 0 spiro atoms. The van der Waals surface area contributed by atoms with Crippen molar-refractivity contribution in [2.75, 3.05) is 29.5 Å². The number of hydrogen-bond acceptors (Lipinski definition) is 4. The van der Waals surface area contributed by atoms with Gasteiger partial charge in [-0.2, -0.15) is 0 Å². The van der Waals surface area contributed by atoms with Gasteiger partial charge in [0, 0.05) is 30.8 Å². The molecule has 5 heteroatoms. The van der Waals surface area contributed by atoms with Crippen molar-refractivity contribution in [3.05, 3.63) is 29.8 Å². The number of nitrogens with zero attached hydrogens (tertiary/aromatic N) is 1. The van der Waals surface area contributed by atoms with Crippen LogP contribution in [0.1, 0.15) is 23.7 Å². The first-order valence-electron chi connectivity index (χ1n) is 6.10. The van der Waals surface area contributed by atoms with Crippen LogP contribution in [-0.4, -0.2) is 38.8 Å². The molecule has 1 aromatic rings. The summed E-state index contributed by atoms with van der Waals surface area (Å²) in [5.74, 6) is 0.549. The van der Waals surface area contributed by atoms with Gasteiger partial charge in [0.15, 0.2) is 15.6 Å². The molecule has 0 aromatic heterocycles. The second-order valence-corrected chi connectivity index (χ2v) is 6.77. The standard InChI is InChI=1S/C13H17NO3S/c1-2-13(15)11-3-5-12(6-4-11)14-7-9-18(16,17)10-8-14/h3-6H,2,7-10H2,1H3. The maximum absolute atomic E-state index is 11.5. The summed E-state index contributed by atoms with van der Waals surface area (Å²) in [7, 11) is -2.85. The van der Waals surface area contributed by atoms with E-state index in [-0.39, 0.29) is 17.3 Å². The number of hydrogen-bond donors (Lipinski definition) is 0. The highest BCUT2D eigenvalue weighted by Gasteiger charge is 2.21. The highest BCUT2D eigenvalue weighted by molar-refractivity contribution is 7.91. The SMILES string of the molecule is CCC(=O)c1ccc(N2CCS(=O)(=O)CC2)cc1. The number of carbonyl (C=O) groups is 1. The molecule has 0 radical (unpaired) electrons. The molecule has 1 fully saturated rings. The molecule has 18 heavy (non-hydrogen) atoms. The third kappa shape index (κ3) is 2.90. The summed E-state index contributed by atoms with van der Waals surface area (Å²) >= 11 is 0. The van der Waals surface area contributed by atoms with Crippen LogP contribution in [0.25, 0.3) is 0 Å². The monoisotopic (exact) mass is 267 g/mol. The second kappa shape index (κ2) is 5.10. The lowest BCUT2D eigenvalue weighted by Crippen LogP contribution is -2.40. The average Bonchev–Trinajstić information content (AvgIpc) is 2.38. The zero-order valence-corrected chi connectivity index (χ0v) is 11.2. The first-order chi connectivity index (χ1) is 8.52. The maximum atomic E-state index is 11.5. The van der Waals surface area contributed by atoms with E-state index in [4.69, 9.17) is 0 Å². The van der Waals surface area contributed by atoms with Crippen molar-refractivity contribution >= 4 is 21.3 Å². The Bertz CT molecular complexity index is 520. The van der Waals surface area contributed by atoms with Crippen molar-refractivity contribution in [1.82, 2.24) is 0 Å². The lowest BCUT2D eigenvalue weighted by atomic mass is 10.1. The molecule has 2 rings (SSSR count). The number of sulfone groups is 1. The summed E-state index contributed by atoms with van der Waals surface area (Å²) in [6, 6.07) is 7.40. The Balaban J connectivity index is 2.09. The van der Waals surface area contributed by atoms with E-state index in [1.54, 1.807) is 0 Å². The zero-order valence-electron chi connectivity index (χ0n) is 10.4. The molecule has 1 heterocycles. The minimum absolute atomic E-state index is 0.128. The van der Waals surface area contributed by atoms with E-state index in [1.165, 1.54) is 0 Å². The summed E-state index contributed by atoms with van der Waals surface area (Å²) < 4.78 is 22.7. The zero-order chi connectivity index (χ0) is 13.2. The average molecular weight is 267 g/mol. The van der Waals surface area contributed by atoms with Crippen LogP contribution in [-0.2, 0) is 9.84 Å². The van der Waals surface area contributed by atoms with Gasteiger partial charge in [0.2, 0.25) is 0 Å². The minimum Gasteiger partial charge on any atom is -0.369 e. The normalized spacial score (nSPS) is 18.6. The predicted molar refractivity (Wildman–Crippen MR) is 71.9 cm³/mol. The molecule has 1 aliphatic rings. The van der Waals surface area contributed by atoms with Gasteiger partial charge < -0.3 is 4.90 Å². The number of rotatable bonds is 3. The fourth-order valence-corrected chi connectivity index (χ4v) is 3.23. The summed E-state index contributed by atoms with van der Waals surface area (Å²) in [6.45, 7) is 2.90. The molecule has 0 saturated carbocycles. The molecular formula is C13H17NO3S. The van der Waals surface area contributed by atoms with E-state index < -0.39 is 9.84 Å². The topological polar surface area (TPSA) is 54.5 Å². The maximum Gasteiger partial charge on any atom is 0.162 e. The number of benzene rings is 1. The van der Waals surface area contributed by atoms with Gasteiger partial charge >= 0.3 is 0 Å². The van der Waals surface area contributed by atoms with Crippen LogP contribution >= 0.6 is 0 Å². The highest BCUT2D eigenvalue weighted by Crippen LogP contribution is 2.18. The Morgan fingerprint density at radius 1 is 1.17 bits per heavy atom. The van der Waals surface area contributed by atoms with Gasteiger partial charge in [-0.15, -0.1) is 0 Å². The molecule has 0 aliphatic carbocycles. The van der Waals surface area contributed by atoms with Gasteiger partial charge in [-0.05, 0) is 24.3 Å². The number of ketones is 1. The van der Waals surface area contributed by atoms with Crippen molar-refractivity contribution < 1.29 is 13.2 Å². The Hall–Kier alpha value is -1.36. The second-order valence-electron chi connectivity index (χ2n) is 4.46. The highest BCUT2D eigenvalue weighted by atomic mass is 32.2. The van der Waals surface area contributed by atoms with Crippen molar-refractivity contribution in [1.29, 1.82) is 0 Å². The van der Waals surface area contributed by atoms with Gasteiger partial charge in [-0.3, -0.25) is 4.79 Å². The molecule has 0 amide bonds. The molecule has 0 atom stereocenters. The largest absolute Gasteiger partial charge is 0.369 e. The third-order valence-corrected chi connectivity index (χ3v) is 4.83. The summed E-state index contributed by atoms with van der Waals surface area (Å²) in [5.41, 5.74) is 1.70. The molecule has 0 bridgehead atoms. The van der Waals surface area contributed by atoms with Gasteiger partial charge in [0.25, 0.3) is 0 Å². The molecule has 1 saturated heterocycles. The lowest BCUT2D eigenvalue weighted by Gasteiger charge is -2.28. The molecule has 1 aliphatic heterocycles. The Labute approximate surface area is 108 Å². The predicted octanol–water partition coefficient (Wildman–Crippen LogP) is 1.51. The molecule has 0 N–H and O–H groups in total. The summed E-state index contributed by atoms with van der Waals surface area (Å²) in [4.78, 5) is 13.5. The van der Waals surface area contributed by atoms with Crippen LogP contribution in [0.2, 0.25) is 0 Å². The fraction of sp³-hybridized carbons (Fsp3) is 0.462. The van der Waals surface area contributed by atoms with E-state index in [0.29, 0.717) is 25.1 Å². The smallest absolute Gasteiger partial charge is 0.162 e. The number of carbonyl (C=O) groups excluding carboxylic acids is 1. The van der Waals surface area contributed by atoms with Crippen LogP contribution in [0.3, 0.4) is 0 Å². The van der Waals surface area contributed by atoms with Crippen molar-refractivity contribution in [3.63, 3.8) is 0 Å². The molecule has 4 nitrogen and oxygen atoms in total. The van der Waals surface area contributed by atoms with Crippen LogP contribution in [0, 0.1) is 0 Å². The van der Waals surface area contributed by atoms with Crippen LogP contribution in [0.5, 0.6) is 0 Å². The lowest BCUT2D eigenvalue weighted by molar-refractivity contribution is 0.0988. The molecule has 1 aromatic carbocycles. The fourth-order valence-electron chi connectivity index (χ4n) is 2.03. The quantitative estimate of drug-likeness (QED) is 0.779. The van der Waals surface area contributed by atoms with E-state index in [0.717, 1.165) is 5.69 Å². The van der Waals surface area contributed by atoms with Gasteiger partial charge in [0.05, 0.1) is 11.5 Å². The van der Waals surface area contributed by atoms with Crippen LogP contribution < -0.4 is 4.90 Å². The third-order valence-electron chi connectivity index (χ3n) is 3.22. The number of Topliss-reactive ketones (excluding diaryl/α,β-unsaturated/α-hetero) is 1. The first-order valence-corrected chi connectivity index (χ1v) is 7.92. The van der Waals surface area contributed by atoms with Crippen LogP contribution in [0.4, 0.5) is 5.69 Å². The van der Waals surface area contributed by atoms with Crippen LogP contribution in [0.15, 0.2) is 24.3 Å². The Morgan fingerprint density at radius 2 is 1.72 bits per heavy atom. The Kier molecular flexibility index (Phi) is 3.71. The van der Waals surface area contributed by atoms with Gasteiger partial charge in [-0.1, -0.05) is 6.92 Å². The molecule has 0 unspecified atom stereocenters. The van der Waals surface area contributed by atoms with Gasteiger partial charge in [-0.25, -0.2) is 8.42 Å². The molecule has 98 valence electrons. The summed E-state index contributed by atoms with van der Waals surface area (Å²) in [6.07, 6.45) is 0.501. The molecular weight excluding hydrogens is 250 g/mol. The Morgan fingerprint density at radius 3 is 2.22 bits per heavy atom. The first kappa shape index (κ1) is 13.1. The summed E-state index contributed by atoms with van der Waals surface area (Å²) in [5, 5.41) is 0. The van der Waals surface area contributed by atoms with Gasteiger partial charge in [0.1, 0.15) is 0 Å². The van der Waals surface area contributed by atoms with Crippen molar-refractivity contribution in [2.24, 2.45) is 0 Å². The van der Waals surface area contributed by atoms with Crippen molar-refractivity contribution in [3.8, 4) is 0 Å².